The molecule has 0 N–H and O–H groups in total. The van der Waals surface area contributed by atoms with Gasteiger partial charge >= 0.3 is 0 Å². The molecule has 3 atom stereocenters. The van der Waals surface area contributed by atoms with E-state index in [2.05, 4.69) is 227 Å². The third-order valence-electron chi connectivity index (χ3n) is 16.9. The standard InChI is InChI=1S/C66H53N/c1-65(2)58-36-43(55-33-40-17-5-8-20-46(40)49-23-11-14-26-52(49)55)29-31-62(58)67-63-32-30-44(56-34-41-18-6-9-21-47(41)50-24-12-15-27-53(50)56)37-59(63)66(3,4)61-39-45(38-60(65)64(61)67)57-35-42-19-7-10-22-48(42)51-25-13-16-28-54(51)57/h5-11,13-23,25-38,51,54,61H,12,24,39H2,1-4H3. The van der Waals surface area contributed by atoms with Crippen molar-refractivity contribution in [2.24, 2.45) is 11.8 Å². The lowest BCUT2D eigenvalue weighted by molar-refractivity contribution is 0.333. The molecular formula is C66H53N. The van der Waals surface area contributed by atoms with Gasteiger partial charge < -0.3 is 4.90 Å². The summed E-state index contributed by atoms with van der Waals surface area (Å²) in [5.74, 6) is 0.888. The molecule has 3 unspecified atom stereocenters. The van der Waals surface area contributed by atoms with Crippen LogP contribution in [0, 0.1) is 11.8 Å². The molecule has 0 saturated carbocycles. The summed E-state index contributed by atoms with van der Waals surface area (Å²) in [6.45, 7) is 10.1. The van der Waals surface area contributed by atoms with Gasteiger partial charge in [-0.25, -0.2) is 0 Å². The highest BCUT2D eigenvalue weighted by atomic mass is 15.2. The lowest BCUT2D eigenvalue weighted by Gasteiger charge is -2.55. The molecule has 0 saturated heterocycles. The summed E-state index contributed by atoms with van der Waals surface area (Å²) in [7, 11) is 0. The van der Waals surface area contributed by atoms with Crippen LogP contribution in [0.3, 0.4) is 0 Å². The van der Waals surface area contributed by atoms with Gasteiger partial charge in [-0.05, 0) is 160 Å². The van der Waals surface area contributed by atoms with Crippen molar-refractivity contribution in [1.82, 2.24) is 0 Å². The van der Waals surface area contributed by atoms with Crippen LogP contribution in [0.5, 0.6) is 0 Å². The summed E-state index contributed by atoms with van der Waals surface area (Å²) >= 11 is 0. The number of benzene rings is 8. The summed E-state index contributed by atoms with van der Waals surface area (Å²) in [5.41, 5.74) is 21.8. The van der Waals surface area contributed by atoms with Gasteiger partial charge in [0, 0.05) is 45.7 Å². The summed E-state index contributed by atoms with van der Waals surface area (Å²) in [4.78, 5) is 2.72. The second-order valence-electron chi connectivity index (χ2n) is 21.1. The van der Waals surface area contributed by atoms with Crippen LogP contribution in [-0.4, -0.2) is 0 Å². The molecule has 14 rings (SSSR count). The summed E-state index contributed by atoms with van der Waals surface area (Å²) in [5, 5.41) is 7.90. The molecule has 1 heteroatoms. The van der Waals surface area contributed by atoms with Crippen molar-refractivity contribution in [1.29, 1.82) is 0 Å². The maximum atomic E-state index is 2.72. The van der Waals surface area contributed by atoms with E-state index in [0.29, 0.717) is 11.8 Å². The molecule has 2 aliphatic heterocycles. The first-order valence-electron chi connectivity index (χ1n) is 24.6. The first-order valence-corrected chi connectivity index (χ1v) is 24.6. The van der Waals surface area contributed by atoms with Crippen LogP contribution in [0.1, 0.15) is 79.8 Å². The van der Waals surface area contributed by atoms with Crippen LogP contribution in [-0.2, 0) is 17.3 Å². The molecular weight excluding hydrogens is 807 g/mol. The van der Waals surface area contributed by atoms with Crippen molar-refractivity contribution < 1.29 is 0 Å². The summed E-state index contributed by atoms with van der Waals surface area (Å²) in [6, 6.07) is 55.7. The number of hydrogen-bond acceptors (Lipinski definition) is 1. The van der Waals surface area contributed by atoms with Crippen molar-refractivity contribution in [3.8, 4) is 22.3 Å². The Morgan fingerprint density at radius 1 is 0.567 bits per heavy atom. The highest BCUT2D eigenvalue weighted by molar-refractivity contribution is 6.14. The Kier molecular flexibility index (Phi) is 8.23. The maximum Gasteiger partial charge on any atom is 0.0500 e. The van der Waals surface area contributed by atoms with E-state index in [9.17, 15) is 0 Å². The Hall–Kier alpha value is -7.22. The maximum absolute atomic E-state index is 2.72. The number of rotatable bonds is 3. The van der Waals surface area contributed by atoms with Crippen LogP contribution in [0.2, 0.25) is 0 Å². The Morgan fingerprint density at radius 3 is 2.03 bits per heavy atom. The fourth-order valence-corrected chi connectivity index (χ4v) is 13.5. The molecule has 8 aromatic carbocycles. The minimum absolute atomic E-state index is 0.166. The zero-order chi connectivity index (χ0) is 44.8. The minimum Gasteiger partial charge on any atom is -0.313 e. The molecule has 0 radical (unpaired) electrons. The van der Waals surface area contributed by atoms with Crippen LogP contribution >= 0.6 is 0 Å². The molecule has 1 nitrogen and oxygen atoms in total. The lowest BCUT2D eigenvalue weighted by atomic mass is 9.57. The Morgan fingerprint density at radius 2 is 1.21 bits per heavy atom. The smallest absolute Gasteiger partial charge is 0.0500 e. The Labute approximate surface area is 394 Å². The number of fused-ring (bicyclic) bond motifs is 13. The van der Waals surface area contributed by atoms with Crippen molar-refractivity contribution >= 4 is 55.8 Å². The predicted molar refractivity (Wildman–Crippen MR) is 284 cm³/mol. The van der Waals surface area contributed by atoms with Crippen LogP contribution in [0.15, 0.2) is 204 Å². The van der Waals surface area contributed by atoms with E-state index in [1.165, 1.54) is 122 Å². The van der Waals surface area contributed by atoms with Gasteiger partial charge in [-0.15, -0.1) is 0 Å². The number of hydrogen-bond donors (Lipinski definition) is 0. The van der Waals surface area contributed by atoms with Gasteiger partial charge in [0.05, 0.1) is 0 Å². The second-order valence-corrected chi connectivity index (χ2v) is 21.1. The van der Waals surface area contributed by atoms with E-state index >= 15 is 0 Å². The van der Waals surface area contributed by atoms with Gasteiger partial charge in [-0.3, -0.25) is 0 Å². The topological polar surface area (TPSA) is 3.24 Å². The van der Waals surface area contributed by atoms with Crippen molar-refractivity contribution in [2.75, 3.05) is 4.90 Å². The third-order valence-corrected chi connectivity index (χ3v) is 16.9. The molecule has 0 fully saturated rings. The van der Waals surface area contributed by atoms with Crippen LogP contribution in [0.25, 0.3) is 66.7 Å². The zero-order valence-corrected chi connectivity index (χ0v) is 38.8. The van der Waals surface area contributed by atoms with Gasteiger partial charge in [0.2, 0.25) is 0 Å². The third kappa shape index (κ3) is 5.55. The molecule has 6 aliphatic rings. The molecule has 0 bridgehead atoms. The molecule has 8 aromatic rings. The molecule has 0 spiro atoms. The van der Waals surface area contributed by atoms with Crippen molar-refractivity contribution in [2.45, 2.75) is 63.7 Å². The largest absolute Gasteiger partial charge is 0.313 e. The van der Waals surface area contributed by atoms with E-state index in [1.807, 2.05) is 0 Å². The number of allylic oxidation sites excluding steroid dienone is 10. The van der Waals surface area contributed by atoms with Crippen LogP contribution in [0.4, 0.5) is 11.4 Å². The van der Waals surface area contributed by atoms with E-state index in [-0.39, 0.29) is 16.7 Å². The van der Waals surface area contributed by atoms with Gasteiger partial charge in [-0.1, -0.05) is 185 Å². The summed E-state index contributed by atoms with van der Waals surface area (Å²) < 4.78 is 0. The number of nitrogens with zero attached hydrogens (tertiary/aromatic N) is 1. The Bertz CT molecular complexity index is 3690. The van der Waals surface area contributed by atoms with Crippen molar-refractivity contribution in [3.63, 3.8) is 0 Å². The van der Waals surface area contributed by atoms with Crippen molar-refractivity contribution in [3.05, 3.63) is 238 Å². The molecule has 4 aliphatic carbocycles. The first-order chi connectivity index (χ1) is 32.7. The Balaban J connectivity index is 1.01. The molecule has 67 heavy (non-hydrogen) atoms. The lowest BCUT2D eigenvalue weighted by Crippen LogP contribution is -2.48. The average Bonchev–Trinajstić information content (AvgIpc) is 3.37. The quantitative estimate of drug-likeness (QED) is 0.160. The first kappa shape index (κ1) is 39.0. The number of aryl methyl sites for hydroxylation is 1. The normalized spacial score (nSPS) is 21.3. The summed E-state index contributed by atoms with van der Waals surface area (Å²) in [6.07, 6.45) is 22.6. The molecule has 0 aromatic heterocycles. The average molecular weight is 860 g/mol. The fraction of sp³-hybridized carbons (Fsp3) is 0.182. The zero-order valence-electron chi connectivity index (χ0n) is 38.8. The van der Waals surface area contributed by atoms with E-state index in [0.717, 1.165) is 19.3 Å². The van der Waals surface area contributed by atoms with E-state index in [4.69, 9.17) is 0 Å². The predicted octanol–water partition coefficient (Wildman–Crippen LogP) is 17.3. The van der Waals surface area contributed by atoms with Gasteiger partial charge in [0.25, 0.3) is 0 Å². The fourth-order valence-electron chi connectivity index (χ4n) is 13.5. The van der Waals surface area contributed by atoms with Gasteiger partial charge in [-0.2, -0.15) is 0 Å². The molecule has 2 heterocycles. The SMILES string of the molecule is CC1(C)C2=C3C(CC(C4=Cc5ccccc5C5C=CC=CC45)=C2)C(C)(C)c2cc(-c4cc5ccccc5c5c4C=CCC5)ccc2N3c2ccc(-c3cc4ccccc4c4ccccc34)cc21. The van der Waals surface area contributed by atoms with Crippen LogP contribution < -0.4 is 4.90 Å². The number of anilines is 2. The highest BCUT2D eigenvalue weighted by Crippen LogP contribution is 2.63. The van der Waals surface area contributed by atoms with E-state index < -0.39 is 0 Å². The van der Waals surface area contributed by atoms with Gasteiger partial charge in [0.1, 0.15) is 0 Å². The minimum atomic E-state index is -0.271. The van der Waals surface area contributed by atoms with E-state index in [1.54, 1.807) is 0 Å². The monoisotopic (exact) mass is 859 g/mol. The second kappa shape index (κ2) is 14.1. The molecule has 322 valence electrons. The van der Waals surface area contributed by atoms with Gasteiger partial charge in [0.15, 0.2) is 0 Å². The highest BCUT2D eigenvalue weighted by Gasteiger charge is 2.52. The molecule has 0 amide bonds.